The van der Waals surface area contributed by atoms with Gasteiger partial charge in [-0.1, -0.05) is 0 Å². The molecule has 0 aliphatic rings. The van der Waals surface area contributed by atoms with Crippen molar-refractivity contribution in [2.24, 2.45) is 0 Å². The molecule has 0 saturated carbocycles. The first-order valence-electron chi connectivity index (χ1n) is 4.75. The molecule has 2 aromatic rings. The van der Waals surface area contributed by atoms with E-state index in [0.29, 0.717) is 26.9 Å². The summed E-state index contributed by atoms with van der Waals surface area (Å²) in [5.41, 5.74) is 1.57. The monoisotopic (exact) mass is 296 g/mol. The van der Waals surface area contributed by atoms with Gasteiger partial charge >= 0.3 is 5.97 Å². The molecule has 0 radical (unpaired) electrons. The standard InChI is InChI=1S/C11H9BrN2O3/c1-16-8-4-3-7-10(14-8)9(12)6(5-13-7)11(15)17-2/h3-5H,1-2H3. The van der Waals surface area contributed by atoms with Crippen LogP contribution in [0.15, 0.2) is 22.8 Å². The molecule has 0 fully saturated rings. The number of aromatic nitrogens is 2. The third-order valence-corrected chi connectivity index (χ3v) is 3.04. The van der Waals surface area contributed by atoms with Crippen LogP contribution in [0.3, 0.4) is 0 Å². The molecule has 2 aromatic heterocycles. The summed E-state index contributed by atoms with van der Waals surface area (Å²) in [6, 6.07) is 3.48. The van der Waals surface area contributed by atoms with Crippen molar-refractivity contribution >= 4 is 32.9 Å². The Labute approximate surface area is 106 Å². The summed E-state index contributed by atoms with van der Waals surface area (Å²) in [5.74, 6) is -0.00193. The molecule has 0 amide bonds. The van der Waals surface area contributed by atoms with Crippen molar-refractivity contribution in [2.45, 2.75) is 0 Å². The smallest absolute Gasteiger partial charge is 0.340 e. The lowest BCUT2D eigenvalue weighted by molar-refractivity contribution is 0.0599. The van der Waals surface area contributed by atoms with Gasteiger partial charge in [0.2, 0.25) is 5.88 Å². The number of fused-ring (bicyclic) bond motifs is 1. The van der Waals surface area contributed by atoms with Crippen molar-refractivity contribution in [3.63, 3.8) is 0 Å². The van der Waals surface area contributed by atoms with Crippen LogP contribution in [0.25, 0.3) is 11.0 Å². The van der Waals surface area contributed by atoms with Crippen LogP contribution in [0.2, 0.25) is 0 Å². The predicted octanol–water partition coefficient (Wildman–Crippen LogP) is 2.19. The van der Waals surface area contributed by atoms with Gasteiger partial charge in [0.15, 0.2) is 0 Å². The van der Waals surface area contributed by atoms with Crippen molar-refractivity contribution < 1.29 is 14.3 Å². The van der Waals surface area contributed by atoms with E-state index in [0.717, 1.165) is 0 Å². The summed E-state index contributed by atoms with van der Waals surface area (Å²) in [7, 11) is 2.84. The Morgan fingerprint density at radius 3 is 2.76 bits per heavy atom. The van der Waals surface area contributed by atoms with Crippen molar-refractivity contribution in [3.05, 3.63) is 28.4 Å². The highest BCUT2D eigenvalue weighted by Crippen LogP contribution is 2.26. The lowest BCUT2D eigenvalue weighted by Gasteiger charge is -2.06. The normalized spacial score (nSPS) is 10.3. The van der Waals surface area contributed by atoms with Gasteiger partial charge in [0.25, 0.3) is 0 Å². The second-order valence-electron chi connectivity index (χ2n) is 3.20. The first-order valence-corrected chi connectivity index (χ1v) is 5.54. The van der Waals surface area contributed by atoms with E-state index in [1.807, 2.05) is 0 Å². The summed E-state index contributed by atoms with van der Waals surface area (Å²) in [4.78, 5) is 19.8. The van der Waals surface area contributed by atoms with Gasteiger partial charge in [-0.25, -0.2) is 9.78 Å². The molecular weight excluding hydrogens is 288 g/mol. The number of ether oxygens (including phenoxy) is 2. The topological polar surface area (TPSA) is 61.3 Å². The van der Waals surface area contributed by atoms with Crippen LogP contribution < -0.4 is 4.74 Å². The number of esters is 1. The molecule has 17 heavy (non-hydrogen) atoms. The summed E-state index contributed by atoms with van der Waals surface area (Å²) in [5, 5.41) is 0. The van der Waals surface area contributed by atoms with Gasteiger partial charge in [-0.15, -0.1) is 0 Å². The first-order chi connectivity index (χ1) is 8.17. The molecule has 0 aliphatic carbocycles. The van der Waals surface area contributed by atoms with Crippen molar-refractivity contribution in [3.8, 4) is 5.88 Å². The minimum atomic E-state index is -0.462. The SMILES string of the molecule is COC(=O)c1cnc2ccc(OC)nc2c1Br. The highest BCUT2D eigenvalue weighted by molar-refractivity contribution is 9.10. The molecule has 0 atom stereocenters. The molecule has 0 unspecified atom stereocenters. The molecule has 0 saturated heterocycles. The molecule has 0 N–H and O–H groups in total. The Morgan fingerprint density at radius 1 is 1.35 bits per heavy atom. The van der Waals surface area contributed by atoms with Gasteiger partial charge in [0.1, 0.15) is 5.52 Å². The molecule has 0 bridgehead atoms. The number of hydrogen-bond acceptors (Lipinski definition) is 5. The molecule has 0 aliphatic heterocycles. The zero-order valence-electron chi connectivity index (χ0n) is 9.23. The molecule has 88 valence electrons. The maximum Gasteiger partial charge on any atom is 0.340 e. The fourth-order valence-electron chi connectivity index (χ4n) is 1.38. The van der Waals surface area contributed by atoms with E-state index in [1.165, 1.54) is 20.4 Å². The minimum Gasteiger partial charge on any atom is -0.481 e. The molecular formula is C11H9BrN2O3. The number of methoxy groups -OCH3 is 2. The van der Waals surface area contributed by atoms with Crippen LogP contribution >= 0.6 is 15.9 Å². The van der Waals surface area contributed by atoms with E-state index in [9.17, 15) is 4.79 Å². The third-order valence-electron chi connectivity index (χ3n) is 2.24. The van der Waals surface area contributed by atoms with E-state index >= 15 is 0 Å². The number of carbonyl (C=O) groups is 1. The number of pyridine rings is 2. The zero-order valence-corrected chi connectivity index (χ0v) is 10.8. The number of rotatable bonds is 2. The molecule has 2 heterocycles. The third kappa shape index (κ3) is 2.08. The van der Waals surface area contributed by atoms with E-state index in [-0.39, 0.29) is 0 Å². The average Bonchev–Trinajstić information content (AvgIpc) is 2.38. The highest BCUT2D eigenvalue weighted by atomic mass is 79.9. The van der Waals surface area contributed by atoms with E-state index in [2.05, 4.69) is 30.6 Å². The number of carbonyl (C=O) groups excluding carboxylic acids is 1. The molecule has 5 nitrogen and oxygen atoms in total. The molecule has 0 spiro atoms. The fraction of sp³-hybridized carbons (Fsp3) is 0.182. The Balaban J connectivity index is 2.68. The lowest BCUT2D eigenvalue weighted by Crippen LogP contribution is -2.04. The van der Waals surface area contributed by atoms with Crippen LogP contribution in [0.5, 0.6) is 5.88 Å². The van der Waals surface area contributed by atoms with Gasteiger partial charge < -0.3 is 9.47 Å². The Morgan fingerprint density at radius 2 is 2.12 bits per heavy atom. The number of hydrogen-bond donors (Lipinski definition) is 0. The minimum absolute atomic E-state index is 0.334. The summed E-state index contributed by atoms with van der Waals surface area (Å²) in [6.07, 6.45) is 1.45. The van der Waals surface area contributed by atoms with Crippen LogP contribution in [0.1, 0.15) is 10.4 Å². The predicted molar refractivity (Wildman–Crippen MR) is 65.1 cm³/mol. The Bertz CT molecular complexity index is 586. The van der Waals surface area contributed by atoms with E-state index < -0.39 is 5.97 Å². The quantitative estimate of drug-likeness (QED) is 0.795. The second-order valence-corrected chi connectivity index (χ2v) is 3.99. The van der Waals surface area contributed by atoms with Gasteiger partial charge in [0.05, 0.1) is 29.8 Å². The van der Waals surface area contributed by atoms with Crippen molar-refractivity contribution in [1.29, 1.82) is 0 Å². The fourth-order valence-corrected chi connectivity index (χ4v) is 1.94. The Hall–Kier alpha value is -1.69. The molecule has 0 aromatic carbocycles. The summed E-state index contributed by atoms with van der Waals surface area (Å²) in [6.45, 7) is 0. The largest absolute Gasteiger partial charge is 0.481 e. The van der Waals surface area contributed by atoms with E-state index in [4.69, 9.17) is 4.74 Å². The van der Waals surface area contributed by atoms with Gasteiger partial charge in [0, 0.05) is 12.3 Å². The molecule has 6 heteroatoms. The van der Waals surface area contributed by atoms with Gasteiger partial charge in [-0.3, -0.25) is 4.98 Å². The highest BCUT2D eigenvalue weighted by Gasteiger charge is 2.15. The van der Waals surface area contributed by atoms with Crippen LogP contribution in [0.4, 0.5) is 0 Å². The summed E-state index contributed by atoms with van der Waals surface area (Å²) >= 11 is 3.33. The Kier molecular flexibility index (Phi) is 3.23. The van der Waals surface area contributed by atoms with E-state index in [1.54, 1.807) is 12.1 Å². The van der Waals surface area contributed by atoms with Crippen LogP contribution in [-0.4, -0.2) is 30.2 Å². The van der Waals surface area contributed by atoms with Crippen molar-refractivity contribution in [2.75, 3.05) is 14.2 Å². The van der Waals surface area contributed by atoms with Gasteiger partial charge in [-0.05, 0) is 22.0 Å². The number of halogens is 1. The average molecular weight is 297 g/mol. The van der Waals surface area contributed by atoms with Gasteiger partial charge in [-0.2, -0.15) is 0 Å². The summed E-state index contributed by atoms with van der Waals surface area (Å²) < 4.78 is 10.2. The maximum absolute atomic E-state index is 11.5. The number of nitrogens with zero attached hydrogens (tertiary/aromatic N) is 2. The lowest BCUT2D eigenvalue weighted by atomic mass is 10.2. The maximum atomic E-state index is 11.5. The molecule has 2 rings (SSSR count). The first kappa shape index (κ1) is 11.8. The van der Waals surface area contributed by atoms with Crippen molar-refractivity contribution in [1.82, 2.24) is 9.97 Å². The van der Waals surface area contributed by atoms with Crippen LogP contribution in [-0.2, 0) is 4.74 Å². The zero-order chi connectivity index (χ0) is 12.4. The second kappa shape index (κ2) is 4.67. The van der Waals surface area contributed by atoms with Crippen LogP contribution in [0, 0.1) is 0 Å².